The Balaban J connectivity index is 4.86. The molecule has 0 N–H and O–H groups in total. The number of hydrogen-bond acceptors (Lipinski definition) is 6. The Labute approximate surface area is 85.1 Å². The van der Waals surface area contributed by atoms with Gasteiger partial charge >= 0.3 is 10.4 Å². The van der Waals surface area contributed by atoms with Gasteiger partial charge < -0.3 is 4.74 Å². The van der Waals surface area contributed by atoms with Crippen LogP contribution in [0.1, 0.15) is 13.3 Å². The second-order valence-electron chi connectivity index (χ2n) is 2.82. The van der Waals surface area contributed by atoms with Crippen LogP contribution in [0.5, 0.6) is 0 Å². The minimum absolute atomic E-state index is 0.346. The Bertz CT molecular complexity index is 257. The Morgan fingerprint density at radius 3 is 2.00 bits per heavy atom. The monoisotopic (exact) mass is 227 g/mol. The van der Waals surface area contributed by atoms with Gasteiger partial charge in [-0.1, -0.05) is 6.92 Å². The van der Waals surface area contributed by atoms with Crippen LogP contribution in [0.3, 0.4) is 0 Å². The normalized spacial score (nSPS) is 17.0. The molecule has 0 aromatic rings. The predicted molar refractivity (Wildman–Crippen MR) is 50.7 cm³/mol. The van der Waals surface area contributed by atoms with Crippen molar-refractivity contribution in [1.82, 2.24) is 4.90 Å². The van der Waals surface area contributed by atoms with Crippen molar-refractivity contribution in [2.75, 3.05) is 28.3 Å². The highest BCUT2D eigenvalue weighted by Gasteiger charge is 2.37. The van der Waals surface area contributed by atoms with Gasteiger partial charge in [0.2, 0.25) is 5.91 Å². The molecule has 6 nitrogen and oxygen atoms in total. The van der Waals surface area contributed by atoms with E-state index in [4.69, 9.17) is 8.92 Å². The summed E-state index contributed by atoms with van der Waals surface area (Å²) < 4.78 is 36.2. The van der Waals surface area contributed by atoms with E-state index in [1.54, 1.807) is 21.0 Å². The average molecular weight is 227 g/mol. The maximum atomic E-state index is 11.1. The van der Waals surface area contributed by atoms with Crippen molar-refractivity contribution in [3.05, 3.63) is 0 Å². The summed E-state index contributed by atoms with van der Waals surface area (Å²) in [5.74, 6) is -1.31. The molecular weight excluding hydrogens is 210 g/mol. The number of ether oxygens (including phenoxy) is 1. The van der Waals surface area contributed by atoms with Crippen molar-refractivity contribution in [1.29, 1.82) is 0 Å². The van der Waals surface area contributed by atoms with E-state index >= 15 is 0 Å². The summed E-state index contributed by atoms with van der Waals surface area (Å²) in [5.41, 5.74) is 0. The lowest BCUT2D eigenvalue weighted by Crippen LogP contribution is -2.49. The highest BCUT2D eigenvalue weighted by atomic mass is 32.3. The first kappa shape index (κ1) is 13.8. The number of rotatable bonds is 6. The summed E-state index contributed by atoms with van der Waals surface area (Å²) >= 11 is 0. The zero-order chi connectivity index (χ0) is 11.4. The summed E-state index contributed by atoms with van der Waals surface area (Å²) in [6.45, 7) is 1.74. The lowest BCUT2D eigenvalue weighted by Gasteiger charge is -2.35. The van der Waals surface area contributed by atoms with Gasteiger partial charge in [-0.2, -0.15) is 12.6 Å². The lowest BCUT2D eigenvalue weighted by molar-refractivity contribution is -0.249. The second kappa shape index (κ2) is 5.04. The van der Waals surface area contributed by atoms with E-state index in [2.05, 4.69) is 4.18 Å². The van der Waals surface area contributed by atoms with Gasteiger partial charge in [-0.05, 0) is 14.1 Å². The first-order valence-corrected chi connectivity index (χ1v) is 5.40. The molecule has 0 heterocycles. The van der Waals surface area contributed by atoms with E-state index < -0.39 is 16.3 Å². The average Bonchev–Trinajstić information content (AvgIpc) is 2.14. The van der Waals surface area contributed by atoms with Crippen LogP contribution in [0.4, 0.5) is 0 Å². The fraction of sp³-hybridized carbons (Fsp3) is 1.00. The Kier molecular flexibility index (Phi) is 4.96. The van der Waals surface area contributed by atoms with Crippen molar-refractivity contribution >= 4 is 10.4 Å². The van der Waals surface area contributed by atoms with Crippen molar-refractivity contribution in [3.63, 3.8) is 0 Å². The maximum absolute atomic E-state index is 11.1. The van der Waals surface area contributed by atoms with Gasteiger partial charge in [0.1, 0.15) is 0 Å². The zero-order valence-electron chi connectivity index (χ0n) is 9.10. The van der Waals surface area contributed by atoms with Gasteiger partial charge in [-0.3, -0.25) is 9.08 Å². The second-order valence-corrected chi connectivity index (χ2v) is 4.14. The van der Waals surface area contributed by atoms with Crippen LogP contribution in [0.15, 0.2) is 0 Å². The standard InChI is InChI=1S/C7H17NO5S/c1-6-7(11-4,8(2)3)13-14(9,10)12-5/h6H2,1-5H3. The van der Waals surface area contributed by atoms with Gasteiger partial charge in [0.15, 0.2) is 0 Å². The SMILES string of the molecule is CCC(OC)(OS(=O)(=O)OC)N(C)C. The smallest absolute Gasteiger partial charge is 0.340 e. The quantitative estimate of drug-likeness (QED) is 0.602. The third kappa shape index (κ3) is 3.18. The Morgan fingerprint density at radius 2 is 1.79 bits per heavy atom. The highest BCUT2D eigenvalue weighted by Crippen LogP contribution is 2.22. The summed E-state index contributed by atoms with van der Waals surface area (Å²) in [6, 6.07) is 0. The van der Waals surface area contributed by atoms with E-state index in [0.717, 1.165) is 7.11 Å². The van der Waals surface area contributed by atoms with E-state index in [9.17, 15) is 8.42 Å². The first-order valence-electron chi connectivity index (χ1n) is 4.07. The minimum Gasteiger partial charge on any atom is -0.340 e. The largest absolute Gasteiger partial charge is 0.403 e. The zero-order valence-corrected chi connectivity index (χ0v) is 9.92. The van der Waals surface area contributed by atoms with Gasteiger partial charge in [-0.15, -0.1) is 0 Å². The van der Waals surface area contributed by atoms with Gasteiger partial charge in [0.25, 0.3) is 0 Å². The topological polar surface area (TPSA) is 65.1 Å². The molecule has 0 amide bonds. The molecule has 0 aromatic carbocycles. The van der Waals surface area contributed by atoms with Crippen LogP contribution in [-0.4, -0.2) is 47.5 Å². The highest BCUT2D eigenvalue weighted by molar-refractivity contribution is 7.81. The van der Waals surface area contributed by atoms with E-state index in [0.29, 0.717) is 6.42 Å². The molecule has 0 rings (SSSR count). The summed E-state index contributed by atoms with van der Waals surface area (Å²) in [7, 11) is 1.69. The molecule has 0 bridgehead atoms. The first-order chi connectivity index (χ1) is 6.33. The molecule has 1 atom stereocenters. The van der Waals surface area contributed by atoms with Crippen LogP contribution in [0, 0.1) is 0 Å². The van der Waals surface area contributed by atoms with Gasteiger partial charge in [0, 0.05) is 13.5 Å². The van der Waals surface area contributed by atoms with Crippen molar-refractivity contribution in [2.45, 2.75) is 19.3 Å². The molecule has 86 valence electrons. The molecule has 0 fully saturated rings. The minimum atomic E-state index is -4.01. The maximum Gasteiger partial charge on any atom is 0.403 e. The number of methoxy groups -OCH3 is 1. The molecule has 7 heteroatoms. The van der Waals surface area contributed by atoms with Crippen LogP contribution in [0.25, 0.3) is 0 Å². The summed E-state index contributed by atoms with van der Waals surface area (Å²) in [4.78, 5) is 1.52. The van der Waals surface area contributed by atoms with Gasteiger partial charge in [0.05, 0.1) is 7.11 Å². The number of nitrogens with zero attached hydrogens (tertiary/aromatic N) is 1. The molecule has 1 unspecified atom stereocenters. The molecule has 0 saturated carbocycles. The van der Waals surface area contributed by atoms with E-state index in [-0.39, 0.29) is 0 Å². The van der Waals surface area contributed by atoms with Crippen molar-refractivity contribution in [3.8, 4) is 0 Å². The Hall–Kier alpha value is -0.210. The molecule has 0 aliphatic rings. The Morgan fingerprint density at radius 1 is 1.29 bits per heavy atom. The number of hydrogen-bond donors (Lipinski definition) is 0. The fourth-order valence-corrected chi connectivity index (χ4v) is 1.73. The predicted octanol–water partition coefficient (Wildman–Crippen LogP) is 0.166. The molecule has 0 spiro atoms. The van der Waals surface area contributed by atoms with Crippen LogP contribution < -0.4 is 0 Å². The van der Waals surface area contributed by atoms with Gasteiger partial charge in [-0.25, -0.2) is 0 Å². The van der Waals surface area contributed by atoms with Crippen molar-refractivity contribution in [2.24, 2.45) is 0 Å². The molecule has 0 saturated heterocycles. The van der Waals surface area contributed by atoms with E-state index in [1.807, 2.05) is 0 Å². The molecule has 0 radical (unpaired) electrons. The molecule has 0 aliphatic heterocycles. The van der Waals surface area contributed by atoms with Crippen molar-refractivity contribution < 1.29 is 21.5 Å². The third-order valence-corrected chi connectivity index (χ3v) is 2.76. The van der Waals surface area contributed by atoms with Crippen LogP contribution in [0.2, 0.25) is 0 Å². The lowest BCUT2D eigenvalue weighted by atomic mass is 10.3. The summed E-state index contributed by atoms with van der Waals surface area (Å²) in [5, 5.41) is 0. The molecule has 0 aromatic heterocycles. The van der Waals surface area contributed by atoms with E-state index in [1.165, 1.54) is 12.0 Å². The van der Waals surface area contributed by atoms with Crippen LogP contribution in [-0.2, 0) is 23.5 Å². The van der Waals surface area contributed by atoms with Crippen LogP contribution >= 0.6 is 0 Å². The molecule has 0 aliphatic carbocycles. The molecular formula is C7H17NO5S. The third-order valence-electron chi connectivity index (χ3n) is 1.88. The summed E-state index contributed by atoms with van der Waals surface area (Å²) in [6.07, 6.45) is 0.346. The fourth-order valence-electron chi connectivity index (χ4n) is 1.00. The molecule has 14 heavy (non-hydrogen) atoms.